The summed E-state index contributed by atoms with van der Waals surface area (Å²) < 4.78 is 0. The molecule has 0 saturated carbocycles. The normalized spacial score (nSPS) is 12.3. The zero-order valence-corrected chi connectivity index (χ0v) is 7.76. The summed E-state index contributed by atoms with van der Waals surface area (Å²) in [5.41, 5.74) is 6.98. The minimum absolute atomic E-state index is 0. The van der Waals surface area contributed by atoms with Crippen molar-refractivity contribution in [2.75, 3.05) is 0 Å². The molecule has 1 nitrogen and oxygen atoms in total. The summed E-state index contributed by atoms with van der Waals surface area (Å²) in [4.78, 5) is 1.30. The standard InChI is InChI=1S/C7H11NS.ClH/c1-5-3-4-9-7(5)6(2)8;/h3-4,6H,8H2,1-2H3;1H/t6-;/m1./s1. The fourth-order valence-electron chi connectivity index (χ4n) is 0.851. The largest absolute Gasteiger partial charge is 0.323 e. The average Bonchev–Trinajstić information content (AvgIpc) is 2.13. The van der Waals surface area contributed by atoms with Gasteiger partial charge < -0.3 is 5.73 Å². The van der Waals surface area contributed by atoms with Crippen LogP contribution in [0.1, 0.15) is 23.4 Å². The Morgan fingerprint density at radius 1 is 1.60 bits per heavy atom. The zero-order valence-electron chi connectivity index (χ0n) is 6.13. The molecule has 0 aliphatic rings. The Balaban J connectivity index is 0.000000810. The van der Waals surface area contributed by atoms with Crippen LogP contribution in [0.3, 0.4) is 0 Å². The Morgan fingerprint density at radius 2 is 2.20 bits per heavy atom. The molecule has 1 rings (SSSR count). The van der Waals surface area contributed by atoms with Crippen LogP contribution in [0.4, 0.5) is 0 Å². The lowest BCUT2D eigenvalue weighted by molar-refractivity contribution is 0.831. The van der Waals surface area contributed by atoms with Crippen molar-refractivity contribution < 1.29 is 0 Å². The van der Waals surface area contributed by atoms with E-state index in [1.165, 1.54) is 10.4 Å². The molecule has 3 heteroatoms. The number of nitrogens with two attached hydrogens (primary N) is 1. The highest BCUT2D eigenvalue weighted by atomic mass is 35.5. The summed E-state index contributed by atoms with van der Waals surface area (Å²) in [5, 5.41) is 2.08. The number of rotatable bonds is 1. The third-order valence-electron chi connectivity index (χ3n) is 1.32. The highest BCUT2D eigenvalue weighted by Gasteiger charge is 2.02. The van der Waals surface area contributed by atoms with Gasteiger partial charge in [-0.3, -0.25) is 0 Å². The second-order valence-electron chi connectivity index (χ2n) is 2.26. The molecule has 1 heterocycles. The highest BCUT2D eigenvalue weighted by molar-refractivity contribution is 7.10. The monoisotopic (exact) mass is 177 g/mol. The maximum Gasteiger partial charge on any atom is 0.0363 e. The van der Waals surface area contributed by atoms with Gasteiger partial charge in [0, 0.05) is 10.9 Å². The van der Waals surface area contributed by atoms with Gasteiger partial charge in [-0.05, 0) is 30.9 Å². The predicted octanol–water partition coefficient (Wildman–Crippen LogP) is 2.50. The van der Waals surface area contributed by atoms with E-state index in [1.807, 2.05) is 6.92 Å². The first-order chi connectivity index (χ1) is 4.22. The van der Waals surface area contributed by atoms with Crippen molar-refractivity contribution in [3.63, 3.8) is 0 Å². The summed E-state index contributed by atoms with van der Waals surface area (Å²) in [6, 6.07) is 2.30. The van der Waals surface area contributed by atoms with Gasteiger partial charge >= 0.3 is 0 Å². The van der Waals surface area contributed by atoms with Gasteiger partial charge in [0.2, 0.25) is 0 Å². The first kappa shape index (κ1) is 9.95. The lowest BCUT2D eigenvalue weighted by Gasteiger charge is -2.00. The Labute approximate surface area is 71.7 Å². The molecule has 0 aliphatic heterocycles. The highest BCUT2D eigenvalue weighted by Crippen LogP contribution is 2.20. The van der Waals surface area contributed by atoms with Gasteiger partial charge in [0.25, 0.3) is 0 Å². The van der Waals surface area contributed by atoms with Crippen molar-refractivity contribution in [3.05, 3.63) is 21.9 Å². The molecular formula is C7H12ClNS. The van der Waals surface area contributed by atoms with E-state index in [0.717, 1.165) is 0 Å². The molecule has 0 radical (unpaired) electrons. The Kier molecular flexibility index (Phi) is 3.94. The maximum absolute atomic E-state index is 5.67. The van der Waals surface area contributed by atoms with Crippen molar-refractivity contribution in [3.8, 4) is 0 Å². The van der Waals surface area contributed by atoms with Gasteiger partial charge in [-0.25, -0.2) is 0 Å². The second kappa shape index (κ2) is 3.96. The molecule has 1 aromatic heterocycles. The number of thiophene rings is 1. The summed E-state index contributed by atoms with van der Waals surface area (Å²) in [6.45, 7) is 4.11. The number of halogens is 1. The van der Waals surface area contributed by atoms with Gasteiger partial charge in [0.05, 0.1) is 0 Å². The zero-order chi connectivity index (χ0) is 6.85. The van der Waals surface area contributed by atoms with Crippen LogP contribution in [0.5, 0.6) is 0 Å². The summed E-state index contributed by atoms with van der Waals surface area (Å²) in [7, 11) is 0. The SMILES string of the molecule is Cc1ccsc1[C@@H](C)N.Cl. The maximum atomic E-state index is 5.67. The molecule has 0 aliphatic carbocycles. The minimum Gasteiger partial charge on any atom is -0.323 e. The molecular weight excluding hydrogens is 166 g/mol. The van der Waals surface area contributed by atoms with E-state index >= 15 is 0 Å². The molecule has 0 saturated heterocycles. The molecule has 0 bridgehead atoms. The van der Waals surface area contributed by atoms with Gasteiger partial charge in [-0.2, -0.15) is 0 Å². The van der Waals surface area contributed by atoms with Gasteiger partial charge in [0.1, 0.15) is 0 Å². The van der Waals surface area contributed by atoms with Crippen LogP contribution < -0.4 is 5.73 Å². The Morgan fingerprint density at radius 3 is 2.40 bits per heavy atom. The van der Waals surface area contributed by atoms with Crippen molar-refractivity contribution in [2.45, 2.75) is 19.9 Å². The minimum atomic E-state index is 0. The van der Waals surface area contributed by atoms with Crippen LogP contribution in [0.15, 0.2) is 11.4 Å². The molecule has 1 aromatic rings. The predicted molar refractivity (Wildman–Crippen MR) is 48.9 cm³/mol. The second-order valence-corrected chi connectivity index (χ2v) is 3.20. The molecule has 0 fully saturated rings. The van der Waals surface area contributed by atoms with Crippen LogP contribution in [0.2, 0.25) is 0 Å². The molecule has 0 amide bonds. The van der Waals surface area contributed by atoms with Crippen molar-refractivity contribution in [1.82, 2.24) is 0 Å². The fourth-order valence-corrected chi connectivity index (χ4v) is 1.74. The van der Waals surface area contributed by atoms with E-state index < -0.39 is 0 Å². The lowest BCUT2D eigenvalue weighted by atomic mass is 10.2. The number of hydrogen-bond donors (Lipinski definition) is 1. The van der Waals surface area contributed by atoms with Gasteiger partial charge in [-0.1, -0.05) is 0 Å². The van der Waals surface area contributed by atoms with Crippen LogP contribution in [0.25, 0.3) is 0 Å². The van der Waals surface area contributed by atoms with Gasteiger partial charge in [-0.15, -0.1) is 23.7 Å². The Hall–Kier alpha value is -0.0500. The molecule has 1 atom stereocenters. The van der Waals surface area contributed by atoms with Crippen LogP contribution in [0, 0.1) is 6.92 Å². The van der Waals surface area contributed by atoms with E-state index in [9.17, 15) is 0 Å². The smallest absolute Gasteiger partial charge is 0.0363 e. The van der Waals surface area contributed by atoms with Crippen molar-refractivity contribution >= 4 is 23.7 Å². The summed E-state index contributed by atoms with van der Waals surface area (Å²) >= 11 is 1.73. The van der Waals surface area contributed by atoms with Crippen molar-refractivity contribution in [1.29, 1.82) is 0 Å². The third kappa shape index (κ3) is 1.97. The van der Waals surface area contributed by atoms with Crippen LogP contribution in [-0.4, -0.2) is 0 Å². The molecule has 58 valence electrons. The van der Waals surface area contributed by atoms with Crippen LogP contribution in [-0.2, 0) is 0 Å². The number of aryl methyl sites for hydroxylation is 1. The summed E-state index contributed by atoms with van der Waals surface area (Å²) in [6.07, 6.45) is 0. The molecule has 0 aromatic carbocycles. The lowest BCUT2D eigenvalue weighted by Crippen LogP contribution is -2.03. The fraction of sp³-hybridized carbons (Fsp3) is 0.429. The molecule has 2 N–H and O–H groups in total. The number of hydrogen-bond acceptors (Lipinski definition) is 2. The topological polar surface area (TPSA) is 26.0 Å². The van der Waals surface area contributed by atoms with E-state index in [1.54, 1.807) is 11.3 Å². The van der Waals surface area contributed by atoms with E-state index in [0.29, 0.717) is 0 Å². The first-order valence-electron chi connectivity index (χ1n) is 3.01. The third-order valence-corrected chi connectivity index (χ3v) is 2.54. The summed E-state index contributed by atoms with van der Waals surface area (Å²) in [5.74, 6) is 0. The first-order valence-corrected chi connectivity index (χ1v) is 3.89. The van der Waals surface area contributed by atoms with Crippen LogP contribution >= 0.6 is 23.7 Å². The molecule has 10 heavy (non-hydrogen) atoms. The average molecular weight is 178 g/mol. The van der Waals surface area contributed by atoms with E-state index in [4.69, 9.17) is 5.73 Å². The Bertz CT molecular complexity index is 195. The van der Waals surface area contributed by atoms with Gasteiger partial charge in [0.15, 0.2) is 0 Å². The molecule has 0 unspecified atom stereocenters. The van der Waals surface area contributed by atoms with E-state index in [2.05, 4.69) is 18.4 Å². The van der Waals surface area contributed by atoms with E-state index in [-0.39, 0.29) is 18.4 Å². The molecule has 0 spiro atoms. The van der Waals surface area contributed by atoms with Crippen molar-refractivity contribution in [2.24, 2.45) is 5.73 Å². The quantitative estimate of drug-likeness (QED) is 0.701.